The number of carboxylic acids is 1. The summed E-state index contributed by atoms with van der Waals surface area (Å²) < 4.78 is 0. The van der Waals surface area contributed by atoms with Crippen molar-refractivity contribution in [2.45, 2.75) is 19.8 Å². The fourth-order valence-corrected chi connectivity index (χ4v) is 1.26. The van der Waals surface area contributed by atoms with E-state index in [9.17, 15) is 4.79 Å². The summed E-state index contributed by atoms with van der Waals surface area (Å²) in [6, 6.07) is 5.36. The smallest absolute Gasteiger partial charge is 0.306 e. The number of aliphatic carboxylic acids is 1. The van der Waals surface area contributed by atoms with Gasteiger partial charge in [-0.2, -0.15) is 0 Å². The molecule has 0 fully saturated rings. The van der Waals surface area contributed by atoms with Gasteiger partial charge in [0.05, 0.1) is 5.92 Å². The van der Waals surface area contributed by atoms with E-state index in [-0.39, 0.29) is 5.92 Å². The third-order valence-electron chi connectivity index (χ3n) is 2.03. The number of hydrogen-bond donors (Lipinski definition) is 1. The minimum atomic E-state index is -0.771. The number of hydrogen-bond acceptors (Lipinski definition) is 2. The summed E-state index contributed by atoms with van der Waals surface area (Å²) in [4.78, 5) is 14.6. The maximum absolute atomic E-state index is 10.5. The average molecular weight is 214 g/mol. The molecule has 0 radical (unpaired) electrons. The number of pyridine rings is 1. The average Bonchev–Trinajstić information content (AvgIpc) is 2.14. The van der Waals surface area contributed by atoms with Gasteiger partial charge in [0.1, 0.15) is 5.15 Å². The lowest BCUT2D eigenvalue weighted by molar-refractivity contribution is -0.141. The van der Waals surface area contributed by atoms with Gasteiger partial charge in [-0.3, -0.25) is 4.79 Å². The zero-order chi connectivity index (χ0) is 10.6. The Morgan fingerprint density at radius 2 is 2.36 bits per heavy atom. The van der Waals surface area contributed by atoms with Crippen molar-refractivity contribution < 1.29 is 9.90 Å². The summed E-state index contributed by atoms with van der Waals surface area (Å²) in [6.45, 7) is 1.69. The van der Waals surface area contributed by atoms with Crippen LogP contribution in [0.25, 0.3) is 0 Å². The molecule has 1 aromatic rings. The highest BCUT2D eigenvalue weighted by Gasteiger charge is 2.10. The molecule has 4 heteroatoms. The van der Waals surface area contributed by atoms with E-state index in [1.165, 1.54) is 0 Å². The Morgan fingerprint density at radius 3 is 2.93 bits per heavy atom. The number of carbonyl (C=O) groups is 1. The normalized spacial score (nSPS) is 12.4. The summed E-state index contributed by atoms with van der Waals surface area (Å²) in [6.07, 6.45) is 1.23. The van der Waals surface area contributed by atoms with E-state index in [0.717, 1.165) is 5.69 Å². The lowest BCUT2D eigenvalue weighted by atomic mass is 10.0. The highest BCUT2D eigenvalue weighted by Crippen LogP contribution is 2.10. The maximum atomic E-state index is 10.5. The predicted octanol–water partition coefficient (Wildman–Crippen LogP) is 2.39. The molecule has 0 aliphatic carbocycles. The van der Waals surface area contributed by atoms with Gasteiger partial charge in [-0.05, 0) is 25.0 Å². The Bertz CT molecular complexity index is 328. The minimum Gasteiger partial charge on any atom is -0.481 e. The molecule has 0 aliphatic rings. The van der Waals surface area contributed by atoms with E-state index in [0.29, 0.717) is 18.0 Å². The number of aryl methyl sites for hydroxylation is 1. The number of nitrogens with zero attached hydrogens (tertiary/aromatic N) is 1. The summed E-state index contributed by atoms with van der Waals surface area (Å²) in [5, 5.41) is 9.12. The van der Waals surface area contributed by atoms with E-state index in [2.05, 4.69) is 4.98 Å². The largest absolute Gasteiger partial charge is 0.481 e. The second kappa shape index (κ2) is 4.96. The van der Waals surface area contributed by atoms with E-state index in [4.69, 9.17) is 16.7 Å². The monoisotopic (exact) mass is 213 g/mol. The van der Waals surface area contributed by atoms with Gasteiger partial charge in [-0.25, -0.2) is 4.98 Å². The molecular weight excluding hydrogens is 202 g/mol. The molecule has 3 nitrogen and oxygen atoms in total. The number of rotatable bonds is 4. The van der Waals surface area contributed by atoms with Gasteiger partial charge in [0.25, 0.3) is 0 Å². The lowest BCUT2D eigenvalue weighted by Gasteiger charge is -2.05. The molecule has 0 saturated carbocycles. The van der Waals surface area contributed by atoms with E-state index < -0.39 is 5.97 Å². The van der Waals surface area contributed by atoms with Crippen LogP contribution in [0.4, 0.5) is 0 Å². The fraction of sp³-hybridized carbons (Fsp3) is 0.400. The second-order valence-electron chi connectivity index (χ2n) is 3.23. The molecule has 0 saturated heterocycles. The Kier molecular flexibility index (Phi) is 3.89. The van der Waals surface area contributed by atoms with E-state index >= 15 is 0 Å². The molecule has 76 valence electrons. The van der Waals surface area contributed by atoms with Crippen LogP contribution in [0.1, 0.15) is 19.0 Å². The number of carboxylic acid groups (broad SMARTS) is 1. The standard InChI is InChI=1S/C10H12ClNO2/c1-7(10(13)14)5-6-8-3-2-4-9(11)12-8/h2-4,7H,5-6H2,1H3,(H,13,14). The molecule has 0 aliphatic heterocycles. The number of halogens is 1. The quantitative estimate of drug-likeness (QED) is 0.782. The van der Waals surface area contributed by atoms with Crippen molar-refractivity contribution in [3.63, 3.8) is 0 Å². The molecular formula is C10H12ClNO2. The Labute approximate surface area is 87.7 Å². The molecule has 1 N–H and O–H groups in total. The highest BCUT2D eigenvalue weighted by atomic mass is 35.5. The first-order valence-corrected chi connectivity index (χ1v) is 4.81. The molecule has 1 heterocycles. The van der Waals surface area contributed by atoms with Crippen molar-refractivity contribution in [1.29, 1.82) is 0 Å². The minimum absolute atomic E-state index is 0.337. The first-order valence-electron chi connectivity index (χ1n) is 4.44. The SMILES string of the molecule is CC(CCc1cccc(Cl)n1)C(=O)O. The highest BCUT2D eigenvalue weighted by molar-refractivity contribution is 6.29. The van der Waals surface area contributed by atoms with Gasteiger partial charge in [-0.1, -0.05) is 24.6 Å². The van der Waals surface area contributed by atoms with Gasteiger partial charge in [0.2, 0.25) is 0 Å². The first-order chi connectivity index (χ1) is 6.59. The molecule has 0 amide bonds. The lowest BCUT2D eigenvalue weighted by Crippen LogP contribution is -2.10. The van der Waals surface area contributed by atoms with Crippen LogP contribution in [0.2, 0.25) is 5.15 Å². The Morgan fingerprint density at radius 1 is 1.64 bits per heavy atom. The van der Waals surface area contributed by atoms with Crippen LogP contribution >= 0.6 is 11.6 Å². The van der Waals surface area contributed by atoms with Gasteiger partial charge < -0.3 is 5.11 Å². The molecule has 0 aromatic carbocycles. The van der Waals surface area contributed by atoms with Crippen molar-refractivity contribution in [2.75, 3.05) is 0 Å². The first kappa shape index (κ1) is 11.0. The molecule has 0 bridgehead atoms. The van der Waals surface area contributed by atoms with Gasteiger partial charge >= 0.3 is 5.97 Å². The molecule has 1 rings (SSSR count). The molecule has 1 unspecified atom stereocenters. The Balaban J connectivity index is 2.49. The van der Waals surface area contributed by atoms with Crippen molar-refractivity contribution in [3.8, 4) is 0 Å². The summed E-state index contributed by atoms with van der Waals surface area (Å²) in [7, 11) is 0. The van der Waals surface area contributed by atoms with Crippen LogP contribution in [0.15, 0.2) is 18.2 Å². The van der Waals surface area contributed by atoms with E-state index in [1.807, 2.05) is 12.1 Å². The Hall–Kier alpha value is -1.09. The van der Waals surface area contributed by atoms with E-state index in [1.54, 1.807) is 13.0 Å². The topological polar surface area (TPSA) is 50.2 Å². The van der Waals surface area contributed by atoms with Crippen molar-refractivity contribution in [3.05, 3.63) is 29.0 Å². The van der Waals surface area contributed by atoms with Crippen LogP contribution < -0.4 is 0 Å². The summed E-state index contributed by atoms with van der Waals surface area (Å²) >= 11 is 5.70. The fourth-order valence-electron chi connectivity index (χ4n) is 1.08. The van der Waals surface area contributed by atoms with Crippen LogP contribution in [-0.4, -0.2) is 16.1 Å². The van der Waals surface area contributed by atoms with Crippen LogP contribution in [0.5, 0.6) is 0 Å². The van der Waals surface area contributed by atoms with Crippen LogP contribution in [0.3, 0.4) is 0 Å². The zero-order valence-electron chi connectivity index (χ0n) is 7.90. The van der Waals surface area contributed by atoms with Crippen LogP contribution in [-0.2, 0) is 11.2 Å². The molecule has 0 spiro atoms. The van der Waals surface area contributed by atoms with Crippen molar-refractivity contribution >= 4 is 17.6 Å². The summed E-state index contributed by atoms with van der Waals surface area (Å²) in [5.74, 6) is -1.11. The predicted molar refractivity (Wildman–Crippen MR) is 54.4 cm³/mol. The third kappa shape index (κ3) is 3.34. The molecule has 14 heavy (non-hydrogen) atoms. The van der Waals surface area contributed by atoms with Crippen molar-refractivity contribution in [2.24, 2.45) is 5.92 Å². The van der Waals surface area contributed by atoms with Crippen molar-refractivity contribution in [1.82, 2.24) is 4.98 Å². The number of aromatic nitrogens is 1. The van der Waals surface area contributed by atoms with Gasteiger partial charge in [0.15, 0.2) is 0 Å². The summed E-state index contributed by atoms with van der Waals surface area (Å²) in [5.41, 5.74) is 0.839. The molecule has 1 aromatic heterocycles. The molecule has 1 atom stereocenters. The van der Waals surface area contributed by atoms with Gasteiger partial charge in [0, 0.05) is 5.69 Å². The zero-order valence-corrected chi connectivity index (χ0v) is 8.66. The van der Waals surface area contributed by atoms with Gasteiger partial charge in [-0.15, -0.1) is 0 Å². The second-order valence-corrected chi connectivity index (χ2v) is 3.62. The maximum Gasteiger partial charge on any atom is 0.306 e. The van der Waals surface area contributed by atoms with Crippen LogP contribution in [0, 0.1) is 5.92 Å². The third-order valence-corrected chi connectivity index (χ3v) is 2.24.